The third kappa shape index (κ3) is 5.36. The van der Waals surface area contributed by atoms with Gasteiger partial charge in [0.15, 0.2) is 17.0 Å². The maximum atomic E-state index is 6.10. The predicted molar refractivity (Wildman–Crippen MR) is 148 cm³/mol. The van der Waals surface area contributed by atoms with Crippen molar-refractivity contribution in [1.82, 2.24) is 19.5 Å². The molecule has 0 saturated heterocycles. The van der Waals surface area contributed by atoms with E-state index < -0.39 is 0 Å². The van der Waals surface area contributed by atoms with Crippen molar-refractivity contribution in [3.05, 3.63) is 65.5 Å². The minimum Gasteiger partial charge on any atom is -0.364 e. The van der Waals surface area contributed by atoms with Gasteiger partial charge in [-0.15, -0.1) is 0 Å². The highest BCUT2D eigenvalue weighted by molar-refractivity contribution is 5.84. The first kappa shape index (κ1) is 24.3. The normalized spacial score (nSPS) is 18.1. The van der Waals surface area contributed by atoms with Crippen molar-refractivity contribution in [2.24, 2.45) is 5.73 Å². The Balaban J connectivity index is 1.37. The van der Waals surface area contributed by atoms with Crippen molar-refractivity contribution in [2.45, 2.75) is 78.0 Å². The molecule has 188 valence electrons. The van der Waals surface area contributed by atoms with Crippen LogP contribution in [0.2, 0.25) is 0 Å². The SMILES string of the molecule is Cc1cc(C)cc(-c2ccc(CNc3nc(NC4CCC(N)CC4)nc4c3ncn4C(C)C)cc2)c1. The molecule has 1 aliphatic carbocycles. The van der Waals surface area contributed by atoms with E-state index in [4.69, 9.17) is 15.7 Å². The van der Waals surface area contributed by atoms with Crippen molar-refractivity contribution in [2.75, 3.05) is 10.6 Å². The highest BCUT2D eigenvalue weighted by atomic mass is 15.2. The van der Waals surface area contributed by atoms with E-state index >= 15 is 0 Å². The Bertz CT molecular complexity index is 1310. The summed E-state index contributed by atoms with van der Waals surface area (Å²) in [6.45, 7) is 9.23. The zero-order valence-electron chi connectivity index (χ0n) is 21.8. The second-order valence-electron chi connectivity index (χ2n) is 10.5. The molecule has 0 bridgehead atoms. The number of nitrogens with two attached hydrogens (primary N) is 1. The lowest BCUT2D eigenvalue weighted by molar-refractivity contribution is 0.410. The van der Waals surface area contributed by atoms with Crippen LogP contribution < -0.4 is 16.4 Å². The van der Waals surface area contributed by atoms with Gasteiger partial charge in [0.1, 0.15) is 0 Å². The van der Waals surface area contributed by atoms with Crippen LogP contribution in [0.5, 0.6) is 0 Å². The quantitative estimate of drug-likeness (QED) is 0.299. The average molecular weight is 484 g/mol. The van der Waals surface area contributed by atoms with Crippen LogP contribution in [0.4, 0.5) is 11.8 Å². The van der Waals surface area contributed by atoms with Gasteiger partial charge < -0.3 is 20.9 Å². The number of benzene rings is 2. The van der Waals surface area contributed by atoms with Gasteiger partial charge in [-0.05, 0) is 70.1 Å². The number of nitrogens with one attached hydrogen (secondary N) is 2. The number of hydrogen-bond acceptors (Lipinski definition) is 6. The average Bonchev–Trinajstić information content (AvgIpc) is 3.28. The van der Waals surface area contributed by atoms with E-state index in [0.29, 0.717) is 24.6 Å². The Labute approximate surface area is 213 Å². The molecule has 7 nitrogen and oxygen atoms in total. The molecule has 1 aliphatic rings. The summed E-state index contributed by atoms with van der Waals surface area (Å²) < 4.78 is 2.10. The first-order valence-corrected chi connectivity index (χ1v) is 13.0. The Morgan fingerprint density at radius 2 is 1.64 bits per heavy atom. The van der Waals surface area contributed by atoms with Crippen LogP contribution in [-0.2, 0) is 6.54 Å². The Kier molecular flexibility index (Phi) is 6.92. The molecule has 4 N–H and O–H groups in total. The standard InChI is InChI=1S/C29H37N7/c1-18(2)36-17-32-26-27(34-29(35-28(26)36)33-25-11-9-24(30)10-12-25)31-16-21-5-7-22(8-6-21)23-14-19(3)13-20(4)15-23/h5-8,13-15,17-18,24-25H,9-12,16,30H2,1-4H3,(H2,31,33,34,35). The number of fused-ring (bicyclic) bond motifs is 1. The minimum atomic E-state index is 0.260. The number of rotatable bonds is 7. The third-order valence-corrected chi connectivity index (χ3v) is 7.05. The summed E-state index contributed by atoms with van der Waals surface area (Å²) in [6, 6.07) is 16.3. The number of aryl methyl sites for hydroxylation is 2. The van der Waals surface area contributed by atoms with Gasteiger partial charge in [-0.1, -0.05) is 53.6 Å². The lowest BCUT2D eigenvalue weighted by Crippen LogP contribution is -2.33. The maximum Gasteiger partial charge on any atom is 0.227 e. The molecular formula is C29H37N7. The van der Waals surface area contributed by atoms with E-state index in [-0.39, 0.29) is 6.04 Å². The van der Waals surface area contributed by atoms with Gasteiger partial charge in [0.25, 0.3) is 0 Å². The van der Waals surface area contributed by atoms with E-state index in [1.54, 1.807) is 0 Å². The molecular weight excluding hydrogens is 446 g/mol. The number of hydrogen-bond donors (Lipinski definition) is 3. The molecule has 7 heteroatoms. The van der Waals surface area contributed by atoms with E-state index in [9.17, 15) is 0 Å². The van der Waals surface area contributed by atoms with Crippen LogP contribution in [0.25, 0.3) is 22.3 Å². The molecule has 0 atom stereocenters. The summed E-state index contributed by atoms with van der Waals surface area (Å²) in [7, 11) is 0. The van der Waals surface area contributed by atoms with Gasteiger partial charge in [0, 0.05) is 24.7 Å². The monoisotopic (exact) mass is 483 g/mol. The van der Waals surface area contributed by atoms with Gasteiger partial charge in [0.2, 0.25) is 5.95 Å². The molecule has 0 amide bonds. The van der Waals surface area contributed by atoms with Crippen LogP contribution in [0, 0.1) is 13.8 Å². The highest BCUT2D eigenvalue weighted by Crippen LogP contribution is 2.27. The lowest BCUT2D eigenvalue weighted by atomic mass is 9.92. The van der Waals surface area contributed by atoms with Gasteiger partial charge in [-0.3, -0.25) is 0 Å². The van der Waals surface area contributed by atoms with Gasteiger partial charge in [-0.25, -0.2) is 4.98 Å². The predicted octanol–water partition coefficient (Wildman–Crippen LogP) is 5.98. The number of anilines is 2. The highest BCUT2D eigenvalue weighted by Gasteiger charge is 2.21. The van der Waals surface area contributed by atoms with Gasteiger partial charge in [0.05, 0.1) is 6.33 Å². The van der Waals surface area contributed by atoms with Crippen molar-refractivity contribution in [3.8, 4) is 11.1 Å². The van der Waals surface area contributed by atoms with Crippen LogP contribution >= 0.6 is 0 Å². The maximum absolute atomic E-state index is 6.10. The van der Waals surface area contributed by atoms with E-state index in [2.05, 4.69) is 90.3 Å². The zero-order valence-corrected chi connectivity index (χ0v) is 21.8. The smallest absolute Gasteiger partial charge is 0.227 e. The topological polar surface area (TPSA) is 93.7 Å². The third-order valence-electron chi connectivity index (χ3n) is 7.05. The second-order valence-corrected chi connectivity index (χ2v) is 10.5. The molecule has 0 aliphatic heterocycles. The van der Waals surface area contributed by atoms with Gasteiger partial charge >= 0.3 is 0 Å². The summed E-state index contributed by atoms with van der Waals surface area (Å²) in [5, 5.41) is 7.10. The minimum absolute atomic E-state index is 0.260. The van der Waals surface area contributed by atoms with Crippen molar-refractivity contribution in [1.29, 1.82) is 0 Å². The molecule has 2 aromatic heterocycles. The second kappa shape index (κ2) is 10.3. The van der Waals surface area contributed by atoms with Gasteiger partial charge in [-0.2, -0.15) is 9.97 Å². The Hall–Kier alpha value is -3.45. The molecule has 0 radical (unpaired) electrons. The first-order valence-electron chi connectivity index (χ1n) is 13.0. The molecule has 0 unspecified atom stereocenters. The number of imidazole rings is 1. The van der Waals surface area contributed by atoms with Crippen molar-refractivity contribution < 1.29 is 0 Å². The Morgan fingerprint density at radius 3 is 2.31 bits per heavy atom. The molecule has 36 heavy (non-hydrogen) atoms. The first-order chi connectivity index (χ1) is 17.4. The molecule has 1 saturated carbocycles. The van der Waals surface area contributed by atoms with Crippen LogP contribution in [0.1, 0.15) is 62.3 Å². The van der Waals surface area contributed by atoms with E-state index in [1.165, 1.54) is 27.8 Å². The molecule has 5 rings (SSSR count). The molecule has 4 aromatic rings. The van der Waals surface area contributed by atoms with Crippen LogP contribution in [0.3, 0.4) is 0 Å². The summed E-state index contributed by atoms with van der Waals surface area (Å²) in [4.78, 5) is 14.3. The fourth-order valence-electron chi connectivity index (χ4n) is 5.07. The van der Waals surface area contributed by atoms with Crippen molar-refractivity contribution >= 4 is 22.9 Å². The molecule has 2 aromatic carbocycles. The van der Waals surface area contributed by atoms with Crippen molar-refractivity contribution in [3.63, 3.8) is 0 Å². The fraction of sp³-hybridized carbons (Fsp3) is 0.414. The molecule has 1 fully saturated rings. The number of nitrogens with zero attached hydrogens (tertiary/aromatic N) is 4. The van der Waals surface area contributed by atoms with E-state index in [0.717, 1.165) is 42.7 Å². The van der Waals surface area contributed by atoms with Crippen LogP contribution in [-0.4, -0.2) is 31.6 Å². The molecule has 0 spiro atoms. The van der Waals surface area contributed by atoms with E-state index in [1.807, 2.05) is 6.33 Å². The fourth-order valence-corrected chi connectivity index (χ4v) is 5.07. The zero-order chi connectivity index (χ0) is 25.2. The summed E-state index contributed by atoms with van der Waals surface area (Å²) in [5.41, 5.74) is 14.0. The lowest BCUT2D eigenvalue weighted by Gasteiger charge is -2.27. The molecule has 2 heterocycles. The largest absolute Gasteiger partial charge is 0.364 e. The number of aromatic nitrogens is 4. The van der Waals surface area contributed by atoms with Crippen LogP contribution in [0.15, 0.2) is 48.8 Å². The summed E-state index contributed by atoms with van der Waals surface area (Å²) in [5.74, 6) is 1.41. The summed E-state index contributed by atoms with van der Waals surface area (Å²) in [6.07, 6.45) is 6.01. The Morgan fingerprint density at radius 1 is 0.944 bits per heavy atom. The summed E-state index contributed by atoms with van der Waals surface area (Å²) >= 11 is 0.